The second-order valence-corrected chi connectivity index (χ2v) is 5.04. The first kappa shape index (κ1) is 12.8. The summed E-state index contributed by atoms with van der Waals surface area (Å²) >= 11 is 0. The molecule has 0 amide bonds. The highest BCUT2D eigenvalue weighted by Gasteiger charge is 2.19. The molecule has 1 aliphatic carbocycles. The smallest absolute Gasteiger partial charge is 0.267 e. The molecule has 5 nitrogen and oxygen atoms in total. The van der Waals surface area contributed by atoms with E-state index >= 15 is 0 Å². The summed E-state index contributed by atoms with van der Waals surface area (Å²) in [6.07, 6.45) is 2.17. The van der Waals surface area contributed by atoms with Crippen LogP contribution in [-0.4, -0.2) is 15.9 Å². The number of nitrogens with zero attached hydrogens (tertiary/aromatic N) is 2. The third kappa shape index (κ3) is 2.43. The van der Waals surface area contributed by atoms with Gasteiger partial charge in [-0.15, -0.1) is 0 Å². The van der Waals surface area contributed by atoms with Crippen LogP contribution in [0.15, 0.2) is 22.7 Å². The fraction of sp³-hybridized carbons (Fsp3) is 0.400. The molecule has 0 bridgehead atoms. The van der Waals surface area contributed by atoms with E-state index in [-0.39, 0.29) is 11.9 Å². The Morgan fingerprint density at radius 2 is 2.20 bits per heavy atom. The van der Waals surface area contributed by atoms with Crippen molar-refractivity contribution >= 4 is 5.78 Å². The molecular formula is C15H16N2O3. The molecule has 1 aromatic heterocycles. The zero-order chi connectivity index (χ0) is 14.1. The number of ketones is 1. The first-order valence-corrected chi connectivity index (χ1v) is 6.76. The van der Waals surface area contributed by atoms with Crippen LogP contribution in [-0.2, 0) is 6.42 Å². The topological polar surface area (TPSA) is 65.2 Å². The third-order valence-electron chi connectivity index (χ3n) is 3.43. The summed E-state index contributed by atoms with van der Waals surface area (Å²) in [6.45, 7) is 3.63. The lowest BCUT2D eigenvalue weighted by Crippen LogP contribution is -2.11. The van der Waals surface area contributed by atoms with Gasteiger partial charge in [-0.05, 0) is 50.5 Å². The zero-order valence-corrected chi connectivity index (χ0v) is 11.5. The van der Waals surface area contributed by atoms with Gasteiger partial charge in [-0.25, -0.2) is 0 Å². The summed E-state index contributed by atoms with van der Waals surface area (Å²) in [6, 6.07) is 5.60. The quantitative estimate of drug-likeness (QED) is 0.859. The van der Waals surface area contributed by atoms with Crippen LogP contribution >= 0.6 is 0 Å². The standard InChI is InChI=1S/C15H16N2O3/c1-9(15-16-10(2)17-20-15)19-12-6-7-13-11(8-12)4-3-5-14(13)18/h6-9H,3-5H2,1-2H3. The van der Waals surface area contributed by atoms with E-state index in [1.807, 2.05) is 25.1 Å². The molecule has 1 atom stereocenters. The summed E-state index contributed by atoms with van der Waals surface area (Å²) in [4.78, 5) is 15.9. The van der Waals surface area contributed by atoms with Gasteiger partial charge in [-0.2, -0.15) is 4.98 Å². The van der Waals surface area contributed by atoms with E-state index in [0.717, 1.165) is 29.7 Å². The van der Waals surface area contributed by atoms with Crippen LogP contribution < -0.4 is 4.74 Å². The second-order valence-electron chi connectivity index (χ2n) is 5.04. The Bertz CT molecular complexity index is 648. The Balaban J connectivity index is 1.79. The van der Waals surface area contributed by atoms with Crippen molar-refractivity contribution in [1.82, 2.24) is 10.1 Å². The number of rotatable bonds is 3. The molecule has 0 fully saturated rings. The van der Waals surface area contributed by atoms with Gasteiger partial charge in [0.2, 0.25) is 0 Å². The van der Waals surface area contributed by atoms with Crippen LogP contribution in [0.5, 0.6) is 5.75 Å². The lowest BCUT2D eigenvalue weighted by atomic mass is 9.90. The van der Waals surface area contributed by atoms with Gasteiger partial charge in [0.25, 0.3) is 5.89 Å². The zero-order valence-electron chi connectivity index (χ0n) is 11.5. The molecule has 1 aromatic carbocycles. The molecule has 1 aliphatic rings. The maximum atomic E-state index is 11.8. The molecule has 5 heteroatoms. The Morgan fingerprint density at radius 1 is 1.35 bits per heavy atom. The van der Waals surface area contributed by atoms with Gasteiger partial charge < -0.3 is 9.26 Å². The van der Waals surface area contributed by atoms with Crippen LogP contribution in [0.25, 0.3) is 0 Å². The Kier molecular flexibility index (Phi) is 3.26. The molecule has 20 heavy (non-hydrogen) atoms. The van der Waals surface area contributed by atoms with Gasteiger partial charge in [-0.3, -0.25) is 4.79 Å². The van der Waals surface area contributed by atoms with Crippen molar-refractivity contribution in [1.29, 1.82) is 0 Å². The lowest BCUT2D eigenvalue weighted by molar-refractivity contribution is 0.0972. The number of carbonyl (C=O) groups excluding carboxylic acids is 1. The predicted molar refractivity (Wildman–Crippen MR) is 71.8 cm³/mol. The van der Waals surface area contributed by atoms with Crippen LogP contribution in [0, 0.1) is 6.92 Å². The fourth-order valence-corrected chi connectivity index (χ4v) is 2.43. The van der Waals surface area contributed by atoms with Crippen molar-refractivity contribution < 1.29 is 14.1 Å². The van der Waals surface area contributed by atoms with Crippen LogP contribution in [0.1, 0.15) is 53.5 Å². The molecule has 0 spiro atoms. The van der Waals surface area contributed by atoms with Crippen LogP contribution in [0.3, 0.4) is 0 Å². The van der Waals surface area contributed by atoms with Crippen molar-refractivity contribution in [2.24, 2.45) is 0 Å². The van der Waals surface area contributed by atoms with Crippen molar-refractivity contribution in [3.63, 3.8) is 0 Å². The first-order valence-electron chi connectivity index (χ1n) is 6.76. The van der Waals surface area contributed by atoms with Gasteiger partial charge in [0.1, 0.15) is 5.75 Å². The number of Topliss-reactive ketones (excluding diaryl/α,β-unsaturated/α-hetero) is 1. The SMILES string of the molecule is Cc1noc(C(C)Oc2ccc3c(c2)CCCC3=O)n1. The molecule has 0 saturated carbocycles. The van der Waals surface area contributed by atoms with Gasteiger partial charge in [-0.1, -0.05) is 5.16 Å². The number of hydrogen-bond acceptors (Lipinski definition) is 5. The summed E-state index contributed by atoms with van der Waals surface area (Å²) in [5, 5.41) is 3.75. The van der Waals surface area contributed by atoms with Gasteiger partial charge in [0, 0.05) is 12.0 Å². The van der Waals surface area contributed by atoms with E-state index in [9.17, 15) is 4.79 Å². The van der Waals surface area contributed by atoms with Crippen molar-refractivity contribution in [2.45, 2.75) is 39.2 Å². The van der Waals surface area contributed by atoms with Gasteiger partial charge >= 0.3 is 0 Å². The van der Waals surface area contributed by atoms with Gasteiger partial charge in [0.05, 0.1) is 0 Å². The Labute approximate surface area is 116 Å². The van der Waals surface area contributed by atoms with Crippen molar-refractivity contribution in [3.05, 3.63) is 41.0 Å². The molecule has 1 heterocycles. The normalized spacial score (nSPS) is 15.8. The summed E-state index contributed by atoms with van der Waals surface area (Å²) in [5.74, 6) is 1.99. The van der Waals surface area contributed by atoms with Crippen molar-refractivity contribution in [2.75, 3.05) is 0 Å². The van der Waals surface area contributed by atoms with Gasteiger partial charge in [0.15, 0.2) is 17.7 Å². The van der Waals surface area contributed by atoms with Crippen molar-refractivity contribution in [3.8, 4) is 5.75 Å². The highest BCUT2D eigenvalue weighted by atomic mass is 16.5. The number of hydrogen-bond donors (Lipinski definition) is 0. The van der Waals surface area contributed by atoms with E-state index in [2.05, 4.69) is 10.1 Å². The number of ether oxygens (including phenoxy) is 1. The maximum Gasteiger partial charge on any atom is 0.267 e. The van der Waals surface area contributed by atoms with E-state index in [0.29, 0.717) is 18.1 Å². The summed E-state index contributed by atoms with van der Waals surface area (Å²) in [7, 11) is 0. The molecule has 3 rings (SSSR count). The van der Waals surface area contributed by atoms with Crippen LogP contribution in [0.4, 0.5) is 0 Å². The number of carbonyl (C=O) groups is 1. The highest BCUT2D eigenvalue weighted by molar-refractivity contribution is 5.98. The van der Waals surface area contributed by atoms with E-state index in [1.54, 1.807) is 6.92 Å². The minimum absolute atomic E-state index is 0.221. The van der Waals surface area contributed by atoms with E-state index in [4.69, 9.17) is 9.26 Å². The summed E-state index contributed by atoms with van der Waals surface area (Å²) in [5.41, 5.74) is 1.89. The molecule has 0 radical (unpaired) electrons. The monoisotopic (exact) mass is 272 g/mol. The Morgan fingerprint density at radius 3 is 2.95 bits per heavy atom. The third-order valence-corrected chi connectivity index (χ3v) is 3.43. The minimum atomic E-state index is -0.312. The average molecular weight is 272 g/mol. The van der Waals surface area contributed by atoms with E-state index < -0.39 is 0 Å². The highest BCUT2D eigenvalue weighted by Crippen LogP contribution is 2.27. The fourth-order valence-electron chi connectivity index (χ4n) is 2.43. The average Bonchev–Trinajstić information content (AvgIpc) is 2.86. The first-order chi connectivity index (χ1) is 9.63. The number of aromatic nitrogens is 2. The molecule has 0 saturated heterocycles. The molecule has 0 N–H and O–H groups in total. The largest absolute Gasteiger partial charge is 0.481 e. The lowest BCUT2D eigenvalue weighted by Gasteiger charge is -2.17. The molecular weight excluding hydrogens is 256 g/mol. The van der Waals surface area contributed by atoms with Crippen LogP contribution in [0.2, 0.25) is 0 Å². The maximum absolute atomic E-state index is 11.8. The second kappa shape index (κ2) is 5.07. The van der Waals surface area contributed by atoms with E-state index in [1.165, 1.54) is 0 Å². The number of aryl methyl sites for hydroxylation is 2. The molecule has 2 aromatic rings. The number of benzene rings is 1. The summed E-state index contributed by atoms with van der Waals surface area (Å²) < 4.78 is 10.9. The minimum Gasteiger partial charge on any atom is -0.481 e. The molecule has 0 aliphatic heterocycles. The molecule has 1 unspecified atom stereocenters. The molecule has 104 valence electrons. The predicted octanol–water partition coefficient (Wildman–Crippen LogP) is 3.04. The number of fused-ring (bicyclic) bond motifs is 1. The Hall–Kier alpha value is -2.17.